The molecular formula is C16H24N4. The van der Waals surface area contributed by atoms with Gasteiger partial charge >= 0.3 is 0 Å². The molecule has 2 heterocycles. The van der Waals surface area contributed by atoms with Crippen molar-refractivity contribution in [3.05, 3.63) is 30.2 Å². The van der Waals surface area contributed by atoms with Gasteiger partial charge in [0.25, 0.3) is 0 Å². The van der Waals surface area contributed by atoms with Gasteiger partial charge in [-0.1, -0.05) is 12.2 Å². The third-order valence-corrected chi connectivity index (χ3v) is 4.70. The zero-order chi connectivity index (χ0) is 13.9. The summed E-state index contributed by atoms with van der Waals surface area (Å²) in [6.07, 6.45) is 10.9. The number of hydrogen-bond acceptors (Lipinski definition) is 4. The smallest absolute Gasteiger partial charge is 0.132 e. The van der Waals surface area contributed by atoms with Gasteiger partial charge in [0.05, 0.1) is 0 Å². The van der Waals surface area contributed by atoms with Gasteiger partial charge in [0.2, 0.25) is 0 Å². The first kappa shape index (κ1) is 13.6. The quantitative estimate of drug-likeness (QED) is 0.791. The van der Waals surface area contributed by atoms with Crippen molar-refractivity contribution in [2.24, 2.45) is 0 Å². The molecule has 0 atom stereocenters. The maximum Gasteiger partial charge on any atom is 0.132 e. The first-order chi connectivity index (χ1) is 9.74. The van der Waals surface area contributed by atoms with E-state index in [0.717, 1.165) is 18.7 Å². The highest BCUT2D eigenvalue weighted by molar-refractivity contribution is 5.40. The van der Waals surface area contributed by atoms with Crippen molar-refractivity contribution in [2.45, 2.75) is 37.6 Å². The van der Waals surface area contributed by atoms with E-state index >= 15 is 0 Å². The van der Waals surface area contributed by atoms with Crippen LogP contribution in [0.15, 0.2) is 24.5 Å². The summed E-state index contributed by atoms with van der Waals surface area (Å²) in [7, 11) is 4.38. The molecular weight excluding hydrogens is 248 g/mol. The maximum absolute atomic E-state index is 4.49. The molecule has 1 aliphatic carbocycles. The van der Waals surface area contributed by atoms with Crippen molar-refractivity contribution >= 4 is 5.82 Å². The molecule has 108 valence electrons. The van der Waals surface area contributed by atoms with Crippen LogP contribution in [0.4, 0.5) is 5.82 Å². The number of rotatable bonds is 3. The van der Waals surface area contributed by atoms with Gasteiger partial charge in [0, 0.05) is 30.8 Å². The molecule has 3 rings (SSSR count). The Morgan fingerprint density at radius 2 is 1.85 bits per heavy atom. The molecule has 4 nitrogen and oxygen atoms in total. The van der Waals surface area contributed by atoms with Gasteiger partial charge in [0.15, 0.2) is 0 Å². The highest BCUT2D eigenvalue weighted by Gasteiger charge is 2.22. The van der Waals surface area contributed by atoms with E-state index in [4.69, 9.17) is 0 Å². The SMILES string of the molecule is CN1CCC(N(C)c2cc(C3CC=CC3)ncn2)CC1. The minimum atomic E-state index is 0.558. The molecule has 0 aromatic carbocycles. The molecule has 2 aliphatic rings. The molecule has 0 radical (unpaired) electrons. The highest BCUT2D eigenvalue weighted by Crippen LogP contribution is 2.29. The zero-order valence-corrected chi connectivity index (χ0v) is 12.5. The molecule has 0 N–H and O–H groups in total. The monoisotopic (exact) mass is 272 g/mol. The Balaban J connectivity index is 1.71. The number of anilines is 1. The third kappa shape index (κ3) is 2.85. The molecule has 4 heteroatoms. The molecule has 0 amide bonds. The summed E-state index contributed by atoms with van der Waals surface area (Å²) < 4.78 is 0. The second-order valence-electron chi connectivity index (χ2n) is 6.09. The fourth-order valence-electron chi connectivity index (χ4n) is 3.21. The van der Waals surface area contributed by atoms with E-state index in [-0.39, 0.29) is 0 Å². The van der Waals surface area contributed by atoms with Gasteiger partial charge in [-0.3, -0.25) is 0 Å². The zero-order valence-electron chi connectivity index (χ0n) is 12.5. The molecule has 1 aromatic heterocycles. The molecule has 1 aromatic rings. The first-order valence-electron chi connectivity index (χ1n) is 7.62. The van der Waals surface area contributed by atoms with Crippen LogP contribution in [0.1, 0.15) is 37.3 Å². The lowest BCUT2D eigenvalue weighted by atomic mass is 10.0. The van der Waals surface area contributed by atoms with Gasteiger partial charge in [-0.05, 0) is 45.8 Å². The van der Waals surface area contributed by atoms with Crippen LogP contribution < -0.4 is 4.90 Å². The standard InChI is InChI=1S/C16H24N4/c1-19-9-7-14(8-10-19)20(2)16-11-15(17-12-18-16)13-5-3-4-6-13/h3-4,11-14H,5-10H2,1-2H3. The summed E-state index contributed by atoms with van der Waals surface area (Å²) in [6.45, 7) is 2.36. The molecule has 20 heavy (non-hydrogen) atoms. The van der Waals surface area contributed by atoms with Crippen molar-refractivity contribution in [1.82, 2.24) is 14.9 Å². The fourth-order valence-corrected chi connectivity index (χ4v) is 3.21. The molecule has 1 aliphatic heterocycles. The number of aromatic nitrogens is 2. The average Bonchev–Trinajstić information content (AvgIpc) is 3.02. The maximum atomic E-state index is 4.49. The predicted octanol–water partition coefficient (Wildman–Crippen LogP) is 2.44. The minimum Gasteiger partial charge on any atom is -0.356 e. The van der Waals surface area contributed by atoms with E-state index in [1.165, 1.54) is 31.6 Å². The Kier molecular flexibility index (Phi) is 4.01. The van der Waals surface area contributed by atoms with E-state index in [1.54, 1.807) is 6.33 Å². The second kappa shape index (κ2) is 5.92. The summed E-state index contributed by atoms with van der Waals surface area (Å²) in [5.41, 5.74) is 1.19. The van der Waals surface area contributed by atoms with Crippen molar-refractivity contribution in [2.75, 3.05) is 32.1 Å². The molecule has 0 unspecified atom stereocenters. The normalized spacial score (nSPS) is 21.5. The van der Waals surface area contributed by atoms with Crippen LogP contribution in [0.5, 0.6) is 0 Å². The van der Waals surface area contributed by atoms with Gasteiger partial charge < -0.3 is 9.80 Å². The van der Waals surface area contributed by atoms with Gasteiger partial charge in [-0.25, -0.2) is 9.97 Å². The fraction of sp³-hybridized carbons (Fsp3) is 0.625. The minimum absolute atomic E-state index is 0.558. The van der Waals surface area contributed by atoms with Gasteiger partial charge in [0.1, 0.15) is 12.1 Å². The Hall–Kier alpha value is -1.42. The number of allylic oxidation sites excluding steroid dienone is 2. The lowest BCUT2D eigenvalue weighted by molar-refractivity contribution is 0.252. The van der Waals surface area contributed by atoms with E-state index in [9.17, 15) is 0 Å². The number of piperidine rings is 1. The van der Waals surface area contributed by atoms with E-state index in [2.05, 4.69) is 52.1 Å². The summed E-state index contributed by atoms with van der Waals surface area (Å²) in [4.78, 5) is 13.7. The van der Waals surface area contributed by atoms with Crippen LogP contribution >= 0.6 is 0 Å². The van der Waals surface area contributed by atoms with Crippen LogP contribution in [0.25, 0.3) is 0 Å². The van der Waals surface area contributed by atoms with Crippen molar-refractivity contribution in [3.63, 3.8) is 0 Å². The van der Waals surface area contributed by atoms with Crippen LogP contribution in [-0.4, -0.2) is 48.1 Å². The molecule has 0 saturated carbocycles. The lowest BCUT2D eigenvalue weighted by Gasteiger charge is -2.35. The Labute approximate surface area is 121 Å². The summed E-state index contributed by atoms with van der Waals surface area (Å²) in [5, 5.41) is 0. The molecule has 1 saturated heterocycles. The summed E-state index contributed by atoms with van der Waals surface area (Å²) >= 11 is 0. The predicted molar refractivity (Wildman–Crippen MR) is 82.1 cm³/mol. The van der Waals surface area contributed by atoms with Crippen molar-refractivity contribution < 1.29 is 0 Å². The lowest BCUT2D eigenvalue weighted by Crippen LogP contribution is -2.42. The summed E-state index contributed by atoms with van der Waals surface area (Å²) in [5.74, 6) is 1.64. The second-order valence-corrected chi connectivity index (χ2v) is 6.09. The number of likely N-dealkylation sites (tertiary alicyclic amines) is 1. The van der Waals surface area contributed by atoms with E-state index in [1.807, 2.05) is 0 Å². The van der Waals surface area contributed by atoms with E-state index in [0.29, 0.717) is 12.0 Å². The van der Waals surface area contributed by atoms with Crippen LogP contribution in [-0.2, 0) is 0 Å². The van der Waals surface area contributed by atoms with Crippen LogP contribution in [0, 0.1) is 0 Å². The van der Waals surface area contributed by atoms with E-state index < -0.39 is 0 Å². The van der Waals surface area contributed by atoms with Crippen LogP contribution in [0.3, 0.4) is 0 Å². The number of hydrogen-bond donors (Lipinski definition) is 0. The topological polar surface area (TPSA) is 32.3 Å². The van der Waals surface area contributed by atoms with Crippen molar-refractivity contribution in [3.8, 4) is 0 Å². The Bertz CT molecular complexity index is 469. The molecule has 0 bridgehead atoms. The Morgan fingerprint density at radius 3 is 2.55 bits per heavy atom. The first-order valence-corrected chi connectivity index (χ1v) is 7.62. The molecule has 0 spiro atoms. The largest absolute Gasteiger partial charge is 0.356 e. The average molecular weight is 272 g/mol. The Morgan fingerprint density at radius 1 is 1.15 bits per heavy atom. The summed E-state index contributed by atoms with van der Waals surface area (Å²) in [6, 6.07) is 2.80. The highest BCUT2D eigenvalue weighted by atomic mass is 15.2. The van der Waals surface area contributed by atoms with Gasteiger partial charge in [-0.2, -0.15) is 0 Å². The van der Waals surface area contributed by atoms with Crippen LogP contribution in [0.2, 0.25) is 0 Å². The molecule has 1 fully saturated rings. The number of nitrogens with zero attached hydrogens (tertiary/aromatic N) is 4. The van der Waals surface area contributed by atoms with Crippen molar-refractivity contribution in [1.29, 1.82) is 0 Å². The third-order valence-electron chi connectivity index (χ3n) is 4.70. The van der Waals surface area contributed by atoms with Gasteiger partial charge in [-0.15, -0.1) is 0 Å².